The van der Waals surface area contributed by atoms with Crippen molar-refractivity contribution in [2.45, 2.75) is 53.9 Å². The molecule has 0 fully saturated rings. The van der Waals surface area contributed by atoms with E-state index in [4.69, 9.17) is 0 Å². The number of aromatic nitrogens is 2. The average Bonchev–Trinajstić information content (AvgIpc) is 2.91. The first-order valence-electron chi connectivity index (χ1n) is 9.42. The second-order valence-electron chi connectivity index (χ2n) is 8.71. The molecule has 1 N–H and O–H groups in total. The number of nitrogens with zero attached hydrogens (tertiary/aromatic N) is 2. The van der Waals surface area contributed by atoms with Gasteiger partial charge in [0.1, 0.15) is 17.0 Å². The topological polar surface area (TPSA) is 37.8 Å². The molecule has 3 aromatic rings. The van der Waals surface area contributed by atoms with E-state index in [0.29, 0.717) is 5.41 Å². The summed E-state index contributed by atoms with van der Waals surface area (Å²) in [6.07, 6.45) is 5.24. The van der Waals surface area contributed by atoms with Crippen molar-refractivity contribution in [2.75, 3.05) is 5.32 Å². The first kappa shape index (κ1) is 17.5. The van der Waals surface area contributed by atoms with Crippen molar-refractivity contribution in [1.29, 1.82) is 0 Å². The lowest BCUT2D eigenvalue weighted by molar-refractivity contribution is 0.218. The average molecular weight is 366 g/mol. The lowest BCUT2D eigenvalue weighted by Crippen LogP contribution is -2.26. The Kier molecular flexibility index (Phi) is 4.26. The molecule has 0 aliphatic heterocycles. The summed E-state index contributed by atoms with van der Waals surface area (Å²) >= 11 is 1.86. The van der Waals surface area contributed by atoms with Crippen LogP contribution in [0.3, 0.4) is 0 Å². The third kappa shape index (κ3) is 3.23. The van der Waals surface area contributed by atoms with E-state index in [1.54, 1.807) is 6.33 Å². The zero-order valence-corrected chi connectivity index (χ0v) is 17.1. The second kappa shape index (κ2) is 6.34. The van der Waals surface area contributed by atoms with E-state index >= 15 is 0 Å². The minimum atomic E-state index is 0.361. The van der Waals surface area contributed by atoms with Gasteiger partial charge in [-0.1, -0.05) is 26.8 Å². The molecular formula is C22H27N3S. The predicted octanol–water partition coefficient (Wildman–Crippen LogP) is 6.20. The summed E-state index contributed by atoms with van der Waals surface area (Å²) in [6.45, 7) is 11.4. The third-order valence-electron chi connectivity index (χ3n) is 5.55. The fourth-order valence-corrected chi connectivity index (χ4v) is 5.39. The summed E-state index contributed by atoms with van der Waals surface area (Å²) in [5.74, 6) is 1.69. The predicted molar refractivity (Wildman–Crippen MR) is 112 cm³/mol. The largest absolute Gasteiger partial charge is 0.340 e. The highest BCUT2D eigenvalue weighted by Crippen LogP contribution is 2.44. The molecule has 136 valence electrons. The van der Waals surface area contributed by atoms with Crippen LogP contribution in [0.4, 0.5) is 11.5 Å². The summed E-state index contributed by atoms with van der Waals surface area (Å²) in [6, 6.07) is 6.55. The lowest BCUT2D eigenvalue weighted by Gasteiger charge is -2.33. The van der Waals surface area contributed by atoms with Crippen LogP contribution in [0.15, 0.2) is 24.5 Å². The van der Waals surface area contributed by atoms with Crippen molar-refractivity contribution in [2.24, 2.45) is 11.3 Å². The van der Waals surface area contributed by atoms with E-state index < -0.39 is 0 Å². The molecule has 0 saturated carbocycles. The molecule has 1 unspecified atom stereocenters. The Morgan fingerprint density at radius 2 is 1.81 bits per heavy atom. The number of hydrogen-bond acceptors (Lipinski definition) is 4. The highest BCUT2D eigenvalue weighted by Gasteiger charge is 2.31. The first-order chi connectivity index (χ1) is 12.3. The summed E-state index contributed by atoms with van der Waals surface area (Å²) in [5.41, 5.74) is 5.46. The van der Waals surface area contributed by atoms with Crippen LogP contribution in [-0.2, 0) is 12.8 Å². The van der Waals surface area contributed by atoms with Crippen LogP contribution >= 0.6 is 11.3 Å². The molecule has 0 radical (unpaired) electrons. The van der Waals surface area contributed by atoms with Gasteiger partial charge in [-0.25, -0.2) is 9.97 Å². The van der Waals surface area contributed by atoms with Gasteiger partial charge < -0.3 is 5.32 Å². The maximum atomic E-state index is 4.59. The van der Waals surface area contributed by atoms with Gasteiger partial charge in [-0.3, -0.25) is 0 Å². The molecule has 2 heterocycles. The Labute approximate surface area is 159 Å². The van der Waals surface area contributed by atoms with Gasteiger partial charge >= 0.3 is 0 Å². The van der Waals surface area contributed by atoms with Crippen molar-refractivity contribution in [3.05, 3.63) is 46.1 Å². The lowest BCUT2D eigenvalue weighted by atomic mass is 9.72. The number of fused-ring (bicyclic) bond motifs is 3. The molecule has 1 aromatic carbocycles. The highest BCUT2D eigenvalue weighted by atomic mass is 32.1. The zero-order valence-electron chi connectivity index (χ0n) is 16.3. The van der Waals surface area contributed by atoms with Gasteiger partial charge in [0, 0.05) is 10.6 Å². The Hall–Kier alpha value is -1.94. The molecule has 2 aromatic heterocycles. The van der Waals surface area contributed by atoms with E-state index in [1.165, 1.54) is 39.8 Å². The number of nitrogens with one attached hydrogen (secondary N) is 1. The fraction of sp³-hybridized carbons (Fsp3) is 0.455. The molecule has 26 heavy (non-hydrogen) atoms. The van der Waals surface area contributed by atoms with E-state index in [0.717, 1.165) is 28.7 Å². The monoisotopic (exact) mass is 365 g/mol. The van der Waals surface area contributed by atoms with Gasteiger partial charge in [0.2, 0.25) is 0 Å². The number of anilines is 2. The molecule has 4 rings (SSSR count). The molecule has 0 saturated heterocycles. The number of thiophene rings is 1. The Balaban J connectivity index is 1.75. The smallest absolute Gasteiger partial charge is 0.142 e. The van der Waals surface area contributed by atoms with Gasteiger partial charge in [-0.05, 0) is 73.3 Å². The maximum absolute atomic E-state index is 4.59. The van der Waals surface area contributed by atoms with Gasteiger partial charge in [0.05, 0.1) is 5.39 Å². The highest BCUT2D eigenvalue weighted by molar-refractivity contribution is 7.19. The van der Waals surface area contributed by atoms with E-state index in [9.17, 15) is 0 Å². The van der Waals surface area contributed by atoms with Gasteiger partial charge in [0.25, 0.3) is 0 Å². The molecule has 3 nitrogen and oxygen atoms in total. The van der Waals surface area contributed by atoms with Crippen molar-refractivity contribution in [1.82, 2.24) is 9.97 Å². The van der Waals surface area contributed by atoms with Crippen molar-refractivity contribution in [3.8, 4) is 0 Å². The second-order valence-corrected chi connectivity index (χ2v) is 9.80. The van der Waals surface area contributed by atoms with Crippen LogP contribution in [0.25, 0.3) is 10.2 Å². The first-order valence-corrected chi connectivity index (χ1v) is 10.2. The molecule has 0 spiro atoms. The van der Waals surface area contributed by atoms with Crippen LogP contribution in [0.5, 0.6) is 0 Å². The molecular weight excluding hydrogens is 338 g/mol. The normalized spacial score (nSPS) is 17.3. The van der Waals surface area contributed by atoms with Gasteiger partial charge in [-0.15, -0.1) is 11.3 Å². The standard InChI is InChI=1S/C22H27N3S/c1-13-8-14(2)10-16(9-13)25-20-19-17-7-6-15(22(3,4)5)11-18(17)26-21(19)24-12-23-20/h8-10,12,15H,6-7,11H2,1-5H3,(H,23,24,25). The molecule has 0 amide bonds. The van der Waals surface area contributed by atoms with Gasteiger partial charge in [0.15, 0.2) is 0 Å². The van der Waals surface area contributed by atoms with Crippen LogP contribution < -0.4 is 5.32 Å². The minimum absolute atomic E-state index is 0.361. The van der Waals surface area contributed by atoms with Crippen molar-refractivity contribution >= 4 is 33.1 Å². The summed E-state index contributed by atoms with van der Waals surface area (Å²) in [7, 11) is 0. The number of aryl methyl sites for hydroxylation is 3. The SMILES string of the molecule is Cc1cc(C)cc(Nc2ncnc3sc4c(c23)CCC(C(C)(C)C)C4)c1. The maximum Gasteiger partial charge on any atom is 0.142 e. The van der Waals surface area contributed by atoms with E-state index in [1.807, 2.05) is 11.3 Å². The quantitative estimate of drug-likeness (QED) is 0.587. The van der Waals surface area contributed by atoms with E-state index in [-0.39, 0.29) is 0 Å². The number of hydrogen-bond donors (Lipinski definition) is 1. The Morgan fingerprint density at radius 3 is 2.50 bits per heavy atom. The molecule has 1 aliphatic carbocycles. The molecule has 1 atom stereocenters. The molecule has 4 heteroatoms. The summed E-state index contributed by atoms with van der Waals surface area (Å²) in [5, 5.41) is 4.80. The van der Waals surface area contributed by atoms with Crippen LogP contribution in [0.2, 0.25) is 0 Å². The fourth-order valence-electron chi connectivity index (χ4n) is 4.13. The number of benzene rings is 1. The summed E-state index contributed by atoms with van der Waals surface area (Å²) in [4.78, 5) is 11.8. The summed E-state index contributed by atoms with van der Waals surface area (Å²) < 4.78 is 0. The van der Waals surface area contributed by atoms with Crippen LogP contribution in [0.1, 0.15) is 48.8 Å². The Morgan fingerprint density at radius 1 is 1.08 bits per heavy atom. The molecule has 1 aliphatic rings. The van der Waals surface area contributed by atoms with Gasteiger partial charge in [-0.2, -0.15) is 0 Å². The van der Waals surface area contributed by atoms with Crippen molar-refractivity contribution < 1.29 is 0 Å². The third-order valence-corrected chi connectivity index (χ3v) is 6.72. The van der Waals surface area contributed by atoms with Crippen LogP contribution in [0, 0.1) is 25.2 Å². The van der Waals surface area contributed by atoms with Crippen LogP contribution in [-0.4, -0.2) is 9.97 Å². The molecule has 0 bridgehead atoms. The van der Waals surface area contributed by atoms with Crippen molar-refractivity contribution in [3.63, 3.8) is 0 Å². The number of rotatable bonds is 2. The van der Waals surface area contributed by atoms with E-state index in [2.05, 4.69) is 68.1 Å². The zero-order chi connectivity index (χ0) is 18.5. The Bertz CT molecular complexity index is 945. The minimum Gasteiger partial charge on any atom is -0.340 e.